The highest BCUT2D eigenvalue weighted by molar-refractivity contribution is 6.33. The summed E-state index contributed by atoms with van der Waals surface area (Å²) >= 11 is 12.0. The highest BCUT2D eigenvalue weighted by atomic mass is 35.5. The Balaban J connectivity index is 0.00000136. The molecule has 0 N–H and O–H groups in total. The van der Waals surface area contributed by atoms with Crippen molar-refractivity contribution in [1.29, 1.82) is 0 Å². The zero-order valence-electron chi connectivity index (χ0n) is 16.5. The number of nitrogens with zero attached hydrogens (tertiary/aromatic N) is 3. The van der Waals surface area contributed by atoms with Gasteiger partial charge < -0.3 is 9.64 Å². The molecule has 0 unspecified atom stereocenters. The van der Waals surface area contributed by atoms with E-state index < -0.39 is 11.6 Å². The van der Waals surface area contributed by atoms with E-state index in [1.54, 1.807) is 26.8 Å². The maximum absolute atomic E-state index is 12.7. The summed E-state index contributed by atoms with van der Waals surface area (Å²) in [5.74, 6) is -0.673. The molecular weight excluding hydrogens is 401 g/mol. The van der Waals surface area contributed by atoms with E-state index in [9.17, 15) is 9.59 Å². The molecule has 0 aliphatic carbocycles. The molecule has 1 aromatic carbocycles. The zero-order chi connectivity index (χ0) is 21.1. The lowest BCUT2D eigenvalue weighted by atomic mass is 10.0. The molecule has 1 amide bonds. The number of rotatable bonds is 3. The summed E-state index contributed by atoms with van der Waals surface area (Å²) in [5, 5.41) is 0.410. The number of fused-ring (bicyclic) bond motifs is 1. The van der Waals surface area contributed by atoms with Crippen LogP contribution in [0.4, 0.5) is 0 Å². The lowest BCUT2D eigenvalue weighted by Gasteiger charge is -2.22. The lowest BCUT2D eigenvalue weighted by molar-refractivity contribution is -0.155. The standard InChI is InChI=1S/C18H17Cl2N3O3.C2H6/c1-18(2,3)26-14(24)9-23-8-11-5-4-10(6-12(11)16(23)25)15-13(19)7-21-17(20)22-15;1-2/h4-7H,8-9H2,1-3H3;1-2H3. The van der Waals surface area contributed by atoms with Crippen LogP contribution in [0.5, 0.6) is 0 Å². The lowest BCUT2D eigenvalue weighted by Crippen LogP contribution is -2.35. The fraction of sp³-hybridized carbons (Fsp3) is 0.400. The molecule has 0 fully saturated rings. The van der Waals surface area contributed by atoms with Gasteiger partial charge in [0.05, 0.1) is 16.9 Å². The first-order valence-corrected chi connectivity index (χ1v) is 9.72. The number of carbonyl (C=O) groups is 2. The highest BCUT2D eigenvalue weighted by Gasteiger charge is 2.30. The Morgan fingerprint density at radius 3 is 2.57 bits per heavy atom. The maximum Gasteiger partial charge on any atom is 0.326 e. The van der Waals surface area contributed by atoms with Gasteiger partial charge in [-0.2, -0.15) is 0 Å². The van der Waals surface area contributed by atoms with E-state index in [4.69, 9.17) is 27.9 Å². The van der Waals surface area contributed by atoms with Crippen molar-refractivity contribution in [3.63, 3.8) is 0 Å². The van der Waals surface area contributed by atoms with E-state index in [2.05, 4.69) is 9.97 Å². The van der Waals surface area contributed by atoms with E-state index in [1.807, 2.05) is 26.0 Å². The van der Waals surface area contributed by atoms with Crippen molar-refractivity contribution in [2.24, 2.45) is 0 Å². The molecule has 3 rings (SSSR count). The summed E-state index contributed by atoms with van der Waals surface area (Å²) in [4.78, 5) is 34.1. The minimum Gasteiger partial charge on any atom is -0.459 e. The van der Waals surface area contributed by atoms with Crippen LogP contribution in [0.2, 0.25) is 10.3 Å². The summed E-state index contributed by atoms with van der Waals surface area (Å²) in [6, 6.07) is 5.34. The molecule has 2 aromatic rings. The molecule has 0 saturated carbocycles. The zero-order valence-corrected chi connectivity index (χ0v) is 18.1. The fourth-order valence-corrected chi connectivity index (χ4v) is 3.05. The van der Waals surface area contributed by atoms with E-state index >= 15 is 0 Å². The van der Waals surface area contributed by atoms with Crippen molar-refractivity contribution >= 4 is 35.1 Å². The van der Waals surface area contributed by atoms with Crippen molar-refractivity contribution < 1.29 is 14.3 Å². The SMILES string of the molecule is CC.CC(C)(C)OC(=O)CN1Cc2ccc(-c3nc(Cl)ncc3Cl)cc2C1=O. The molecule has 0 radical (unpaired) electrons. The summed E-state index contributed by atoms with van der Waals surface area (Å²) < 4.78 is 5.29. The number of benzene rings is 1. The second kappa shape index (κ2) is 8.88. The van der Waals surface area contributed by atoms with Gasteiger partial charge in [0.15, 0.2) is 0 Å². The third-order valence-corrected chi connectivity index (χ3v) is 4.18. The topological polar surface area (TPSA) is 72.4 Å². The van der Waals surface area contributed by atoms with Gasteiger partial charge in [0, 0.05) is 17.7 Å². The minimum atomic E-state index is -0.594. The Morgan fingerprint density at radius 2 is 1.93 bits per heavy atom. The van der Waals surface area contributed by atoms with Crippen molar-refractivity contribution in [3.05, 3.63) is 45.8 Å². The van der Waals surface area contributed by atoms with Crippen LogP contribution >= 0.6 is 23.2 Å². The summed E-state index contributed by atoms with van der Waals surface area (Å²) in [7, 11) is 0. The van der Waals surface area contributed by atoms with Crippen LogP contribution in [0.1, 0.15) is 50.5 Å². The molecular formula is C20H23Cl2N3O3. The Kier molecular flexibility index (Phi) is 7.01. The first-order valence-electron chi connectivity index (χ1n) is 8.96. The predicted octanol–water partition coefficient (Wildman–Crippen LogP) is 4.77. The third-order valence-electron chi connectivity index (χ3n) is 3.72. The monoisotopic (exact) mass is 423 g/mol. The molecule has 0 saturated heterocycles. The number of carbonyl (C=O) groups excluding carboxylic acids is 2. The third kappa shape index (κ3) is 5.20. The van der Waals surface area contributed by atoms with Gasteiger partial charge in [-0.05, 0) is 44.0 Å². The number of aromatic nitrogens is 2. The average Bonchev–Trinajstić information content (AvgIpc) is 2.92. The van der Waals surface area contributed by atoms with Gasteiger partial charge in [-0.1, -0.05) is 37.6 Å². The molecule has 1 aliphatic rings. The molecule has 0 bridgehead atoms. The Hall–Kier alpha value is -2.18. The maximum atomic E-state index is 12.7. The molecule has 150 valence electrons. The second-order valence-corrected chi connectivity index (χ2v) is 7.70. The van der Waals surface area contributed by atoms with Crippen LogP contribution in [0.25, 0.3) is 11.3 Å². The number of hydrogen-bond acceptors (Lipinski definition) is 5. The smallest absolute Gasteiger partial charge is 0.326 e. The Labute approximate surface area is 174 Å². The number of halogens is 2. The van der Waals surface area contributed by atoms with Crippen molar-refractivity contribution in [2.45, 2.75) is 46.8 Å². The van der Waals surface area contributed by atoms with Crippen molar-refractivity contribution in [3.8, 4) is 11.3 Å². The summed E-state index contributed by atoms with van der Waals surface area (Å²) in [5.41, 5.74) is 1.86. The van der Waals surface area contributed by atoms with E-state index in [0.717, 1.165) is 5.56 Å². The van der Waals surface area contributed by atoms with Crippen LogP contribution in [0.15, 0.2) is 24.4 Å². The number of hydrogen-bond donors (Lipinski definition) is 0. The molecule has 6 nitrogen and oxygen atoms in total. The van der Waals surface area contributed by atoms with Gasteiger partial charge in [0.1, 0.15) is 12.1 Å². The molecule has 1 aromatic heterocycles. The summed E-state index contributed by atoms with van der Waals surface area (Å²) in [6.45, 7) is 9.61. The van der Waals surface area contributed by atoms with E-state index in [-0.39, 0.29) is 17.7 Å². The molecule has 1 aliphatic heterocycles. The molecule has 8 heteroatoms. The van der Waals surface area contributed by atoms with E-state index in [1.165, 1.54) is 11.1 Å². The normalized spacial score (nSPS) is 13.0. The second-order valence-electron chi connectivity index (χ2n) is 6.96. The van der Waals surface area contributed by atoms with Crippen LogP contribution in [-0.2, 0) is 16.1 Å². The van der Waals surface area contributed by atoms with Crippen LogP contribution in [0.3, 0.4) is 0 Å². The van der Waals surface area contributed by atoms with Crippen molar-refractivity contribution in [1.82, 2.24) is 14.9 Å². The molecule has 0 atom stereocenters. The van der Waals surface area contributed by atoms with Crippen LogP contribution in [0, 0.1) is 0 Å². The fourth-order valence-electron chi connectivity index (χ4n) is 2.71. The Morgan fingerprint density at radius 1 is 1.25 bits per heavy atom. The number of ether oxygens (including phenoxy) is 1. The summed E-state index contributed by atoms with van der Waals surface area (Å²) in [6.07, 6.45) is 1.41. The predicted molar refractivity (Wildman–Crippen MR) is 109 cm³/mol. The first-order chi connectivity index (χ1) is 13.1. The minimum absolute atomic E-state index is 0.0720. The number of esters is 1. The number of amides is 1. The van der Waals surface area contributed by atoms with Gasteiger partial charge in [-0.15, -0.1) is 0 Å². The molecule has 2 heterocycles. The molecule has 28 heavy (non-hydrogen) atoms. The van der Waals surface area contributed by atoms with Gasteiger partial charge in [0.25, 0.3) is 5.91 Å². The van der Waals surface area contributed by atoms with Gasteiger partial charge >= 0.3 is 5.97 Å². The van der Waals surface area contributed by atoms with Crippen LogP contribution in [-0.4, -0.2) is 38.9 Å². The van der Waals surface area contributed by atoms with Gasteiger partial charge in [-0.3, -0.25) is 9.59 Å². The quantitative estimate of drug-likeness (QED) is 0.524. The van der Waals surface area contributed by atoms with Gasteiger partial charge in [0.2, 0.25) is 5.28 Å². The van der Waals surface area contributed by atoms with Crippen molar-refractivity contribution in [2.75, 3.05) is 6.54 Å². The van der Waals surface area contributed by atoms with Crippen LogP contribution < -0.4 is 0 Å². The van der Waals surface area contributed by atoms with Gasteiger partial charge in [-0.25, -0.2) is 9.97 Å². The first kappa shape index (κ1) is 22.1. The van der Waals surface area contributed by atoms with E-state index in [0.29, 0.717) is 28.4 Å². The Bertz CT molecular complexity index is 895. The molecule has 0 spiro atoms. The largest absolute Gasteiger partial charge is 0.459 e. The highest BCUT2D eigenvalue weighted by Crippen LogP contribution is 2.31. The average molecular weight is 424 g/mol.